The summed E-state index contributed by atoms with van der Waals surface area (Å²) in [5, 5.41) is 11.4. The molecule has 0 aromatic carbocycles. The largest absolute Gasteiger partial charge is 0.376 e. The minimum atomic E-state index is -0.872. The number of pyridine rings is 1. The van der Waals surface area contributed by atoms with Gasteiger partial charge in [-0.2, -0.15) is 0 Å². The fraction of sp³-hybridized carbons (Fsp3) is 0.524. The Balaban J connectivity index is 1.20. The number of ether oxygens (including phenoxy) is 3. The molecule has 2 saturated heterocycles. The number of H-pyrrole nitrogens is 1. The number of aromatic amines is 1. The molecule has 0 spiro atoms. The summed E-state index contributed by atoms with van der Waals surface area (Å²) in [4.78, 5) is 17.0. The first kappa shape index (κ1) is 19.2. The molecule has 10 nitrogen and oxygen atoms in total. The summed E-state index contributed by atoms with van der Waals surface area (Å²) in [5.74, 6) is 0.957. The van der Waals surface area contributed by atoms with Crippen LogP contribution in [0.1, 0.15) is 5.82 Å². The van der Waals surface area contributed by atoms with Crippen LogP contribution in [-0.2, 0) is 27.4 Å². The summed E-state index contributed by atoms with van der Waals surface area (Å²) < 4.78 is 18.4. The van der Waals surface area contributed by atoms with E-state index in [1.807, 2.05) is 11.1 Å². The van der Waals surface area contributed by atoms with Gasteiger partial charge in [-0.3, -0.25) is 4.90 Å². The first-order chi connectivity index (χ1) is 15.2. The van der Waals surface area contributed by atoms with Crippen LogP contribution in [0, 0.1) is 0 Å². The third-order valence-corrected chi connectivity index (χ3v) is 6.24. The number of fused-ring (bicyclic) bond motifs is 2. The first-order valence-corrected chi connectivity index (χ1v) is 10.8. The van der Waals surface area contributed by atoms with E-state index in [1.165, 1.54) is 0 Å². The lowest BCUT2D eigenvalue weighted by Gasteiger charge is -2.39. The Bertz CT molecular complexity index is 1050. The molecule has 0 amide bonds. The van der Waals surface area contributed by atoms with Crippen LogP contribution in [0.2, 0.25) is 0 Å². The van der Waals surface area contributed by atoms with Gasteiger partial charge in [0.25, 0.3) is 0 Å². The summed E-state index contributed by atoms with van der Waals surface area (Å²) >= 11 is 0. The quantitative estimate of drug-likeness (QED) is 0.577. The zero-order valence-electron chi connectivity index (χ0n) is 17.2. The smallest absolute Gasteiger partial charge is 0.216 e. The van der Waals surface area contributed by atoms with E-state index in [4.69, 9.17) is 19.2 Å². The van der Waals surface area contributed by atoms with Gasteiger partial charge in [-0.05, 0) is 12.1 Å². The average molecular weight is 426 g/mol. The minimum Gasteiger partial charge on any atom is -0.376 e. The van der Waals surface area contributed by atoms with Crippen molar-refractivity contribution >= 4 is 16.7 Å². The van der Waals surface area contributed by atoms with Crippen molar-refractivity contribution in [1.82, 2.24) is 24.4 Å². The lowest BCUT2D eigenvalue weighted by molar-refractivity contribution is -0.262. The van der Waals surface area contributed by atoms with E-state index in [0.29, 0.717) is 19.8 Å². The van der Waals surface area contributed by atoms with Gasteiger partial charge in [0.15, 0.2) is 0 Å². The van der Waals surface area contributed by atoms with Gasteiger partial charge in [0.1, 0.15) is 29.9 Å². The summed E-state index contributed by atoms with van der Waals surface area (Å²) in [6, 6.07) is 4.19. The van der Waals surface area contributed by atoms with E-state index in [1.54, 1.807) is 0 Å². The summed E-state index contributed by atoms with van der Waals surface area (Å²) in [7, 11) is 0. The molecule has 31 heavy (non-hydrogen) atoms. The van der Waals surface area contributed by atoms with Crippen LogP contribution in [-0.4, -0.2) is 88.0 Å². The third kappa shape index (κ3) is 3.60. The highest BCUT2D eigenvalue weighted by Gasteiger charge is 2.29. The predicted octanol–water partition coefficient (Wildman–Crippen LogP) is 0.770. The Hall–Kier alpha value is -2.50. The van der Waals surface area contributed by atoms with Gasteiger partial charge in [0.05, 0.1) is 25.5 Å². The monoisotopic (exact) mass is 426 g/mol. The van der Waals surface area contributed by atoms with E-state index >= 15 is 0 Å². The van der Waals surface area contributed by atoms with Gasteiger partial charge in [0, 0.05) is 56.2 Å². The molecule has 0 bridgehead atoms. The first-order valence-electron chi connectivity index (χ1n) is 10.8. The molecule has 1 unspecified atom stereocenters. The molecule has 1 atom stereocenters. The number of aromatic nitrogens is 4. The predicted molar refractivity (Wildman–Crippen MR) is 112 cm³/mol. The van der Waals surface area contributed by atoms with Gasteiger partial charge >= 0.3 is 0 Å². The minimum absolute atomic E-state index is 0.00585. The van der Waals surface area contributed by atoms with Crippen LogP contribution in [0.3, 0.4) is 0 Å². The van der Waals surface area contributed by atoms with Crippen molar-refractivity contribution in [2.24, 2.45) is 0 Å². The molecule has 6 rings (SSSR count). The molecule has 10 heteroatoms. The number of aliphatic hydroxyl groups excluding tert-OH is 1. The lowest BCUT2D eigenvalue weighted by atomic mass is 10.2. The molecule has 3 aromatic heterocycles. The van der Waals surface area contributed by atoms with E-state index < -0.39 is 6.41 Å². The molecule has 3 aliphatic rings. The van der Waals surface area contributed by atoms with Crippen molar-refractivity contribution in [3.05, 3.63) is 30.4 Å². The Morgan fingerprint density at radius 3 is 2.81 bits per heavy atom. The molecule has 2 N–H and O–H groups in total. The van der Waals surface area contributed by atoms with Crippen LogP contribution in [0.15, 0.2) is 24.5 Å². The van der Waals surface area contributed by atoms with Crippen LogP contribution >= 0.6 is 0 Å². The highest BCUT2D eigenvalue weighted by atomic mass is 16.7. The molecule has 6 heterocycles. The number of aliphatic hydroxyl groups is 1. The molecule has 164 valence electrons. The highest BCUT2D eigenvalue weighted by molar-refractivity contribution is 5.93. The molecule has 3 aromatic rings. The van der Waals surface area contributed by atoms with E-state index in [-0.39, 0.29) is 6.10 Å². The zero-order chi connectivity index (χ0) is 20.8. The fourth-order valence-electron chi connectivity index (χ4n) is 4.38. The highest BCUT2D eigenvalue weighted by Crippen LogP contribution is 2.31. The molecule has 0 radical (unpaired) electrons. The Morgan fingerprint density at radius 1 is 1.16 bits per heavy atom. The van der Waals surface area contributed by atoms with Crippen molar-refractivity contribution < 1.29 is 19.3 Å². The zero-order valence-corrected chi connectivity index (χ0v) is 17.2. The summed E-state index contributed by atoms with van der Waals surface area (Å²) in [6.07, 6.45) is 3.05. The molecule has 3 aliphatic heterocycles. The molecule has 2 fully saturated rings. The van der Waals surface area contributed by atoms with Gasteiger partial charge in [-0.25, -0.2) is 9.97 Å². The topological polar surface area (TPSA) is 101 Å². The average Bonchev–Trinajstić information content (AvgIpc) is 3.40. The van der Waals surface area contributed by atoms with Crippen molar-refractivity contribution in [2.75, 3.05) is 50.9 Å². The van der Waals surface area contributed by atoms with Crippen molar-refractivity contribution in [2.45, 2.75) is 25.7 Å². The van der Waals surface area contributed by atoms with Crippen LogP contribution < -0.4 is 4.90 Å². The van der Waals surface area contributed by atoms with Crippen molar-refractivity contribution in [3.8, 4) is 11.4 Å². The number of hydrogen-bond donors (Lipinski definition) is 2. The summed E-state index contributed by atoms with van der Waals surface area (Å²) in [6.45, 7) is 6.30. The van der Waals surface area contributed by atoms with E-state index in [2.05, 4.69) is 37.8 Å². The summed E-state index contributed by atoms with van der Waals surface area (Å²) in [5.41, 5.74) is 3.87. The Labute approximate surface area is 179 Å². The maximum atomic E-state index is 10.3. The number of nitrogens with one attached hydrogen (secondary N) is 1. The normalized spacial score (nSPS) is 21.3. The molecule has 0 saturated carbocycles. The second-order valence-electron chi connectivity index (χ2n) is 8.21. The lowest BCUT2D eigenvalue weighted by Crippen LogP contribution is -2.53. The van der Waals surface area contributed by atoms with Crippen LogP contribution in [0.25, 0.3) is 22.4 Å². The van der Waals surface area contributed by atoms with Crippen LogP contribution in [0.5, 0.6) is 0 Å². The maximum Gasteiger partial charge on any atom is 0.216 e. The fourth-order valence-corrected chi connectivity index (χ4v) is 4.38. The molecule has 0 aliphatic carbocycles. The van der Waals surface area contributed by atoms with Crippen molar-refractivity contribution in [3.63, 3.8) is 0 Å². The standard InChI is InChI=1S/C21H26N6O4/c28-21(31-14-11-30-12-14)26-5-3-25(4-6-26)18-1-2-22-20-15(18)9-16(24-20)17-10-27-7-8-29-13-19(27)23-17/h1-2,9-10,14,21,28H,3-8,11-13H2,(H,22,24). The number of piperazine rings is 1. The van der Waals surface area contributed by atoms with Crippen molar-refractivity contribution in [1.29, 1.82) is 0 Å². The van der Waals surface area contributed by atoms with E-state index in [0.717, 1.165) is 73.3 Å². The second kappa shape index (κ2) is 7.88. The SMILES string of the molecule is OC(OC1COC1)N1CCN(c2ccnc3[nH]c(-c4cn5c(n4)COCC5)cc23)CC1. The van der Waals surface area contributed by atoms with Gasteiger partial charge in [-0.15, -0.1) is 0 Å². The van der Waals surface area contributed by atoms with Gasteiger partial charge in [-0.1, -0.05) is 0 Å². The molecular formula is C21H26N6O4. The van der Waals surface area contributed by atoms with Gasteiger partial charge < -0.3 is 33.8 Å². The number of imidazole rings is 1. The van der Waals surface area contributed by atoms with Crippen LogP contribution in [0.4, 0.5) is 5.69 Å². The maximum absolute atomic E-state index is 10.3. The number of anilines is 1. The Kier molecular flexibility index (Phi) is 4.88. The third-order valence-electron chi connectivity index (χ3n) is 6.24. The number of rotatable bonds is 5. The number of nitrogens with zero attached hydrogens (tertiary/aromatic N) is 5. The van der Waals surface area contributed by atoms with Gasteiger partial charge in [0.2, 0.25) is 6.41 Å². The number of hydrogen-bond acceptors (Lipinski definition) is 8. The van der Waals surface area contributed by atoms with E-state index in [9.17, 15) is 5.11 Å². The second-order valence-corrected chi connectivity index (χ2v) is 8.21. The molecular weight excluding hydrogens is 400 g/mol. The Morgan fingerprint density at radius 2 is 2.03 bits per heavy atom.